The van der Waals surface area contributed by atoms with Gasteiger partial charge in [-0.05, 0) is 48.6 Å². The summed E-state index contributed by atoms with van der Waals surface area (Å²) in [5.74, 6) is -0.423. The molecule has 0 radical (unpaired) electrons. The highest BCUT2D eigenvalue weighted by Crippen LogP contribution is 2.26. The maximum Gasteiger partial charge on any atom is 0.243 e. The van der Waals surface area contributed by atoms with Crippen molar-refractivity contribution in [1.29, 1.82) is 0 Å². The summed E-state index contributed by atoms with van der Waals surface area (Å²) in [7, 11) is 1.45. The van der Waals surface area contributed by atoms with Crippen molar-refractivity contribution >= 4 is 11.8 Å². The van der Waals surface area contributed by atoms with Crippen molar-refractivity contribution in [3.8, 4) is 11.5 Å². The van der Waals surface area contributed by atoms with Crippen molar-refractivity contribution in [2.24, 2.45) is 5.73 Å². The zero-order valence-electron chi connectivity index (χ0n) is 17.5. The minimum atomic E-state index is -0.549. The molecule has 1 aliphatic rings. The molecule has 1 saturated heterocycles. The molecule has 31 heavy (non-hydrogen) atoms. The van der Waals surface area contributed by atoms with Gasteiger partial charge >= 0.3 is 0 Å². The Balaban J connectivity index is 1.55. The molecule has 0 saturated carbocycles. The average Bonchev–Trinajstić information content (AvgIpc) is 3.25. The van der Waals surface area contributed by atoms with Crippen molar-refractivity contribution in [2.75, 3.05) is 13.7 Å². The number of nitrogens with one attached hydrogen (secondary N) is 1. The quantitative estimate of drug-likeness (QED) is 0.596. The lowest BCUT2D eigenvalue weighted by atomic mass is 10.0. The largest absolute Gasteiger partial charge is 0.504 e. The summed E-state index contributed by atoms with van der Waals surface area (Å²) in [6, 6.07) is 10.1. The molecule has 2 amide bonds. The molecule has 3 rings (SSSR count). The number of aromatic hydroxyl groups is 1. The second-order valence-electron chi connectivity index (χ2n) is 7.73. The molecule has 2 aromatic rings. The first-order valence-electron chi connectivity index (χ1n) is 10.3. The van der Waals surface area contributed by atoms with Crippen LogP contribution in [0.25, 0.3) is 0 Å². The van der Waals surface area contributed by atoms with E-state index < -0.39 is 12.1 Å². The Hall–Kier alpha value is -3.13. The third-order valence-electron chi connectivity index (χ3n) is 5.46. The van der Waals surface area contributed by atoms with Crippen LogP contribution < -0.4 is 15.8 Å². The molecule has 7 nitrogen and oxygen atoms in total. The molecule has 8 heteroatoms. The number of rotatable bonds is 8. The van der Waals surface area contributed by atoms with Crippen LogP contribution in [0.4, 0.5) is 4.39 Å². The smallest absolute Gasteiger partial charge is 0.243 e. The number of likely N-dealkylation sites (tertiary alicyclic amines) is 1. The molecule has 0 unspecified atom stereocenters. The van der Waals surface area contributed by atoms with Crippen LogP contribution in [0.3, 0.4) is 0 Å². The van der Waals surface area contributed by atoms with Gasteiger partial charge in [0.25, 0.3) is 0 Å². The van der Waals surface area contributed by atoms with Gasteiger partial charge in [-0.1, -0.05) is 24.3 Å². The van der Waals surface area contributed by atoms with Gasteiger partial charge in [0.05, 0.1) is 7.11 Å². The normalized spacial score (nSPS) is 16.7. The summed E-state index contributed by atoms with van der Waals surface area (Å²) >= 11 is 0. The van der Waals surface area contributed by atoms with Gasteiger partial charge in [0, 0.05) is 25.6 Å². The van der Waals surface area contributed by atoms with Crippen LogP contribution in [-0.4, -0.2) is 47.6 Å². The van der Waals surface area contributed by atoms with Gasteiger partial charge in [-0.2, -0.15) is 0 Å². The zero-order valence-corrected chi connectivity index (χ0v) is 17.5. The summed E-state index contributed by atoms with van der Waals surface area (Å²) in [5.41, 5.74) is 7.34. The monoisotopic (exact) mass is 429 g/mol. The van der Waals surface area contributed by atoms with Gasteiger partial charge in [-0.3, -0.25) is 9.59 Å². The van der Waals surface area contributed by atoms with Crippen LogP contribution in [0, 0.1) is 5.82 Å². The lowest BCUT2D eigenvalue weighted by Crippen LogP contribution is -2.47. The molecule has 1 aliphatic heterocycles. The molecule has 2 atom stereocenters. The summed E-state index contributed by atoms with van der Waals surface area (Å²) in [6.45, 7) is 0.747. The van der Waals surface area contributed by atoms with Gasteiger partial charge in [0.1, 0.15) is 11.9 Å². The Morgan fingerprint density at radius 2 is 2.10 bits per heavy atom. The van der Waals surface area contributed by atoms with Gasteiger partial charge < -0.3 is 25.8 Å². The Labute approximate surface area is 181 Å². The Kier molecular flexibility index (Phi) is 7.46. The number of nitrogens with zero attached hydrogens (tertiary/aromatic N) is 1. The Morgan fingerprint density at radius 1 is 1.32 bits per heavy atom. The highest BCUT2D eigenvalue weighted by Gasteiger charge is 2.34. The van der Waals surface area contributed by atoms with E-state index in [4.69, 9.17) is 10.5 Å². The number of hydrogen-bond donors (Lipinski definition) is 3. The maximum atomic E-state index is 13.8. The van der Waals surface area contributed by atoms with E-state index in [1.165, 1.54) is 19.2 Å². The standard InChI is InChI=1S/C23H28FN3O4/c1-31-21-11-15(8-9-20(21)28)14-26-23(30)19-7-4-10-27(19)22(29)13-17(25)12-16-5-2-3-6-18(16)24/h2-3,5-6,8-9,11,17,19,28H,4,7,10,12-14,25H2,1H3,(H,26,30)/t17-,19+/m1/s1. The fourth-order valence-corrected chi connectivity index (χ4v) is 3.84. The van der Waals surface area contributed by atoms with Crippen molar-refractivity contribution in [2.45, 2.75) is 44.3 Å². The number of nitrogens with two attached hydrogens (primary N) is 1. The molecule has 1 fully saturated rings. The number of amides is 2. The maximum absolute atomic E-state index is 13.8. The first-order chi connectivity index (χ1) is 14.9. The number of carbonyl (C=O) groups excluding carboxylic acids is 2. The van der Waals surface area contributed by atoms with Crippen molar-refractivity contribution in [3.05, 3.63) is 59.4 Å². The summed E-state index contributed by atoms with van der Waals surface area (Å²) in [6.07, 6.45) is 1.62. The predicted molar refractivity (Wildman–Crippen MR) is 114 cm³/mol. The molecular weight excluding hydrogens is 401 g/mol. The van der Waals surface area contributed by atoms with Crippen LogP contribution in [-0.2, 0) is 22.6 Å². The summed E-state index contributed by atoms with van der Waals surface area (Å²) < 4.78 is 18.9. The summed E-state index contributed by atoms with van der Waals surface area (Å²) in [4.78, 5) is 27.0. The third-order valence-corrected chi connectivity index (χ3v) is 5.46. The number of phenolic OH excluding ortho intramolecular Hbond substituents is 1. The van der Waals surface area contributed by atoms with Gasteiger partial charge in [0.2, 0.25) is 11.8 Å². The van der Waals surface area contributed by atoms with E-state index in [-0.39, 0.29) is 42.8 Å². The van der Waals surface area contributed by atoms with Gasteiger partial charge in [0.15, 0.2) is 11.5 Å². The highest BCUT2D eigenvalue weighted by molar-refractivity contribution is 5.88. The third kappa shape index (κ3) is 5.73. The van der Waals surface area contributed by atoms with Crippen LogP contribution in [0.1, 0.15) is 30.4 Å². The van der Waals surface area contributed by atoms with E-state index in [0.717, 1.165) is 12.0 Å². The SMILES string of the molecule is COc1cc(CNC(=O)[C@@H]2CCCN2C(=O)C[C@H](N)Cc2ccccc2F)ccc1O. The zero-order chi connectivity index (χ0) is 22.4. The second-order valence-corrected chi connectivity index (χ2v) is 7.73. The number of phenols is 1. The Morgan fingerprint density at radius 3 is 2.84 bits per heavy atom. The van der Waals surface area contributed by atoms with E-state index in [1.807, 2.05) is 0 Å². The first-order valence-corrected chi connectivity index (χ1v) is 10.3. The lowest BCUT2D eigenvalue weighted by Gasteiger charge is -2.25. The number of ether oxygens (including phenoxy) is 1. The minimum Gasteiger partial charge on any atom is -0.504 e. The molecule has 2 aromatic carbocycles. The second kappa shape index (κ2) is 10.3. The van der Waals surface area contributed by atoms with Crippen LogP contribution in [0.2, 0.25) is 0 Å². The van der Waals surface area contributed by atoms with Crippen molar-refractivity contribution < 1.29 is 23.8 Å². The van der Waals surface area contributed by atoms with Crippen molar-refractivity contribution in [1.82, 2.24) is 10.2 Å². The number of hydrogen-bond acceptors (Lipinski definition) is 5. The Bertz CT molecular complexity index is 937. The number of benzene rings is 2. The van der Waals surface area contributed by atoms with Crippen LogP contribution in [0.15, 0.2) is 42.5 Å². The van der Waals surface area contributed by atoms with Gasteiger partial charge in [-0.15, -0.1) is 0 Å². The molecular formula is C23H28FN3O4. The number of halogens is 1. The van der Waals surface area contributed by atoms with Crippen LogP contribution in [0.5, 0.6) is 11.5 Å². The van der Waals surface area contributed by atoms with E-state index in [9.17, 15) is 19.1 Å². The molecule has 0 spiro atoms. The first kappa shape index (κ1) is 22.6. The minimum absolute atomic E-state index is 0.0249. The molecule has 0 bridgehead atoms. The molecule has 166 valence electrons. The average molecular weight is 429 g/mol. The molecule has 0 aromatic heterocycles. The predicted octanol–water partition coefficient (Wildman–Crippen LogP) is 2.11. The highest BCUT2D eigenvalue weighted by atomic mass is 19.1. The molecule has 4 N–H and O–H groups in total. The lowest BCUT2D eigenvalue weighted by molar-refractivity contribution is -0.138. The van der Waals surface area contributed by atoms with E-state index in [0.29, 0.717) is 24.3 Å². The van der Waals surface area contributed by atoms with E-state index >= 15 is 0 Å². The molecule has 1 heterocycles. The van der Waals surface area contributed by atoms with Crippen LogP contribution >= 0.6 is 0 Å². The van der Waals surface area contributed by atoms with Gasteiger partial charge in [-0.25, -0.2) is 4.39 Å². The number of methoxy groups -OCH3 is 1. The molecule has 0 aliphatic carbocycles. The van der Waals surface area contributed by atoms with E-state index in [1.54, 1.807) is 35.2 Å². The topological polar surface area (TPSA) is 105 Å². The number of carbonyl (C=O) groups is 2. The fourth-order valence-electron chi connectivity index (χ4n) is 3.84. The summed E-state index contributed by atoms with van der Waals surface area (Å²) in [5, 5.41) is 12.5. The van der Waals surface area contributed by atoms with E-state index in [2.05, 4.69) is 5.32 Å². The fraction of sp³-hybridized carbons (Fsp3) is 0.391. The van der Waals surface area contributed by atoms with Crippen molar-refractivity contribution in [3.63, 3.8) is 0 Å².